The lowest BCUT2D eigenvalue weighted by atomic mass is 10.2. The molecular weight excluding hydrogens is 206 g/mol. The van der Waals surface area contributed by atoms with Gasteiger partial charge in [-0.2, -0.15) is 5.10 Å². The fourth-order valence-electron chi connectivity index (χ4n) is 1.90. The van der Waals surface area contributed by atoms with Gasteiger partial charge in [0.2, 0.25) is 0 Å². The fraction of sp³-hybridized carbons (Fsp3) is 0.300. The molecule has 0 fully saturated rings. The number of nitrogens with one attached hydrogen (secondary N) is 1. The van der Waals surface area contributed by atoms with Gasteiger partial charge in [0, 0.05) is 31.7 Å². The summed E-state index contributed by atoms with van der Waals surface area (Å²) >= 11 is 0. The lowest BCUT2D eigenvalue weighted by Crippen LogP contribution is -2.38. The predicted octanol–water partition coefficient (Wildman–Crippen LogP) is 0.262. The molecule has 0 bridgehead atoms. The quantitative estimate of drug-likeness (QED) is 0.745. The largest absolute Gasteiger partial charge is 0.332 e. The summed E-state index contributed by atoms with van der Waals surface area (Å²) in [6, 6.07) is 0. The Morgan fingerprint density at radius 3 is 3.19 bits per heavy atom. The molecule has 0 spiro atoms. The minimum absolute atomic E-state index is 0.00278. The molecule has 1 N–H and O–H groups in total. The van der Waals surface area contributed by atoms with Crippen LogP contribution in [0.5, 0.6) is 0 Å². The van der Waals surface area contributed by atoms with E-state index in [1.807, 2.05) is 6.20 Å². The summed E-state index contributed by atoms with van der Waals surface area (Å²) in [5.41, 5.74) is 0.597. The van der Waals surface area contributed by atoms with Crippen molar-refractivity contribution in [1.82, 2.24) is 24.6 Å². The van der Waals surface area contributed by atoms with Crippen LogP contribution < -0.4 is 0 Å². The van der Waals surface area contributed by atoms with Gasteiger partial charge in [-0.25, -0.2) is 4.98 Å². The molecule has 0 unspecified atom stereocenters. The zero-order valence-electron chi connectivity index (χ0n) is 8.63. The number of carbonyl (C=O) groups is 1. The molecule has 0 atom stereocenters. The van der Waals surface area contributed by atoms with Crippen LogP contribution in [0, 0.1) is 0 Å². The molecule has 0 radical (unpaired) electrons. The normalized spacial score (nSPS) is 14.9. The summed E-state index contributed by atoms with van der Waals surface area (Å²) < 4.78 is 2.07. The summed E-state index contributed by atoms with van der Waals surface area (Å²) in [7, 11) is 0. The number of carbonyl (C=O) groups excluding carboxylic acids is 1. The van der Waals surface area contributed by atoms with Crippen molar-refractivity contribution in [3.8, 4) is 0 Å². The van der Waals surface area contributed by atoms with Crippen LogP contribution in [0.15, 0.2) is 24.8 Å². The van der Waals surface area contributed by atoms with Crippen molar-refractivity contribution in [2.24, 2.45) is 0 Å². The van der Waals surface area contributed by atoms with E-state index >= 15 is 0 Å². The van der Waals surface area contributed by atoms with Crippen LogP contribution in [0.3, 0.4) is 0 Å². The van der Waals surface area contributed by atoms with Gasteiger partial charge in [-0.3, -0.25) is 9.89 Å². The van der Waals surface area contributed by atoms with E-state index in [4.69, 9.17) is 0 Å². The first kappa shape index (κ1) is 9.14. The molecule has 16 heavy (non-hydrogen) atoms. The van der Waals surface area contributed by atoms with Crippen LogP contribution in [0.4, 0.5) is 0 Å². The molecule has 0 saturated heterocycles. The highest BCUT2D eigenvalue weighted by Crippen LogP contribution is 2.12. The highest BCUT2D eigenvalue weighted by Gasteiger charge is 2.22. The van der Waals surface area contributed by atoms with Gasteiger partial charge in [0.1, 0.15) is 5.82 Å². The number of amides is 1. The van der Waals surface area contributed by atoms with Crippen LogP contribution in [0.1, 0.15) is 16.2 Å². The minimum Gasteiger partial charge on any atom is -0.332 e. The van der Waals surface area contributed by atoms with Gasteiger partial charge in [0.05, 0.1) is 18.3 Å². The first-order chi connectivity index (χ1) is 7.84. The van der Waals surface area contributed by atoms with Crippen molar-refractivity contribution in [3.05, 3.63) is 36.2 Å². The van der Waals surface area contributed by atoms with Crippen LogP contribution in [0.2, 0.25) is 0 Å². The first-order valence-electron chi connectivity index (χ1n) is 5.12. The van der Waals surface area contributed by atoms with E-state index in [0.29, 0.717) is 18.7 Å². The maximum Gasteiger partial charge on any atom is 0.257 e. The van der Waals surface area contributed by atoms with E-state index in [9.17, 15) is 4.79 Å². The maximum absolute atomic E-state index is 12.0. The lowest BCUT2D eigenvalue weighted by Gasteiger charge is -2.27. The van der Waals surface area contributed by atoms with E-state index in [1.54, 1.807) is 23.5 Å². The molecule has 2 aromatic rings. The molecule has 0 saturated carbocycles. The Kier molecular flexibility index (Phi) is 1.99. The standard InChI is InChI=1S/C10H11N5O/c16-10(8-5-12-13-6-8)15-4-3-14-2-1-11-9(14)7-15/h1-2,5-6H,3-4,7H2,(H,12,13). The number of nitrogens with zero attached hydrogens (tertiary/aromatic N) is 4. The van der Waals surface area contributed by atoms with E-state index < -0.39 is 0 Å². The Labute approximate surface area is 91.9 Å². The highest BCUT2D eigenvalue weighted by atomic mass is 16.2. The average molecular weight is 217 g/mol. The molecule has 6 heteroatoms. The number of hydrogen-bond donors (Lipinski definition) is 1. The zero-order chi connectivity index (χ0) is 11.0. The van der Waals surface area contributed by atoms with Gasteiger partial charge in [-0.1, -0.05) is 0 Å². The maximum atomic E-state index is 12.0. The van der Waals surface area contributed by atoms with E-state index in [0.717, 1.165) is 12.4 Å². The van der Waals surface area contributed by atoms with Crippen molar-refractivity contribution in [3.63, 3.8) is 0 Å². The van der Waals surface area contributed by atoms with Gasteiger partial charge in [-0.05, 0) is 0 Å². The second-order valence-electron chi connectivity index (χ2n) is 3.75. The van der Waals surface area contributed by atoms with E-state index in [1.165, 1.54) is 0 Å². The predicted molar refractivity (Wildman–Crippen MR) is 55.6 cm³/mol. The summed E-state index contributed by atoms with van der Waals surface area (Å²) in [6.45, 7) is 2.09. The Morgan fingerprint density at radius 1 is 1.44 bits per heavy atom. The Hall–Kier alpha value is -2.11. The van der Waals surface area contributed by atoms with E-state index in [2.05, 4.69) is 19.7 Å². The van der Waals surface area contributed by atoms with Gasteiger partial charge < -0.3 is 9.47 Å². The van der Waals surface area contributed by atoms with Crippen molar-refractivity contribution in [1.29, 1.82) is 0 Å². The van der Waals surface area contributed by atoms with Crippen LogP contribution in [-0.2, 0) is 13.1 Å². The molecule has 1 aliphatic heterocycles. The smallest absolute Gasteiger partial charge is 0.257 e. The van der Waals surface area contributed by atoms with Crippen LogP contribution in [-0.4, -0.2) is 37.1 Å². The van der Waals surface area contributed by atoms with Crippen molar-refractivity contribution >= 4 is 5.91 Å². The molecule has 1 amide bonds. The zero-order valence-corrected chi connectivity index (χ0v) is 8.63. The SMILES string of the molecule is O=C(c1cn[nH]c1)N1CCn2ccnc2C1. The molecule has 0 aliphatic carbocycles. The number of H-pyrrole nitrogens is 1. The topological polar surface area (TPSA) is 66.8 Å². The molecule has 1 aliphatic rings. The molecule has 6 nitrogen and oxygen atoms in total. The fourth-order valence-corrected chi connectivity index (χ4v) is 1.90. The number of aromatic nitrogens is 4. The van der Waals surface area contributed by atoms with E-state index in [-0.39, 0.29) is 5.91 Å². The molecule has 3 heterocycles. The summed E-state index contributed by atoms with van der Waals surface area (Å²) in [5.74, 6) is 0.936. The average Bonchev–Trinajstić information content (AvgIpc) is 2.98. The molecule has 0 aromatic carbocycles. The Bertz CT molecular complexity index is 501. The molecule has 2 aromatic heterocycles. The van der Waals surface area contributed by atoms with Crippen molar-refractivity contribution in [2.75, 3.05) is 6.54 Å². The molecular formula is C10H11N5O. The second-order valence-corrected chi connectivity index (χ2v) is 3.75. The number of aromatic amines is 1. The third-order valence-corrected chi connectivity index (χ3v) is 2.78. The van der Waals surface area contributed by atoms with Gasteiger partial charge in [-0.15, -0.1) is 0 Å². The third kappa shape index (κ3) is 1.39. The third-order valence-electron chi connectivity index (χ3n) is 2.78. The molecule has 3 rings (SSSR count). The van der Waals surface area contributed by atoms with Crippen LogP contribution >= 0.6 is 0 Å². The van der Waals surface area contributed by atoms with Gasteiger partial charge in [0.15, 0.2) is 0 Å². The Balaban J connectivity index is 1.81. The minimum atomic E-state index is 0.00278. The summed E-state index contributed by atoms with van der Waals surface area (Å²) in [4.78, 5) is 18.0. The molecule has 82 valence electrons. The number of hydrogen-bond acceptors (Lipinski definition) is 3. The van der Waals surface area contributed by atoms with Gasteiger partial charge >= 0.3 is 0 Å². The van der Waals surface area contributed by atoms with Gasteiger partial charge in [0.25, 0.3) is 5.91 Å². The van der Waals surface area contributed by atoms with Crippen LogP contribution in [0.25, 0.3) is 0 Å². The number of rotatable bonds is 1. The number of fused-ring (bicyclic) bond motifs is 1. The highest BCUT2D eigenvalue weighted by molar-refractivity contribution is 5.93. The Morgan fingerprint density at radius 2 is 2.38 bits per heavy atom. The summed E-state index contributed by atoms with van der Waals surface area (Å²) in [6.07, 6.45) is 6.86. The van der Waals surface area contributed by atoms with Crippen molar-refractivity contribution in [2.45, 2.75) is 13.1 Å². The monoisotopic (exact) mass is 217 g/mol. The number of imidazole rings is 1. The first-order valence-corrected chi connectivity index (χ1v) is 5.12. The van der Waals surface area contributed by atoms with Crippen molar-refractivity contribution < 1.29 is 4.79 Å². The lowest BCUT2D eigenvalue weighted by molar-refractivity contribution is 0.0707. The second kappa shape index (κ2) is 3.48. The summed E-state index contributed by atoms with van der Waals surface area (Å²) in [5, 5.41) is 6.42.